The maximum absolute atomic E-state index is 12.8. The first-order chi connectivity index (χ1) is 11.6. The van der Waals surface area contributed by atoms with Gasteiger partial charge in [-0.1, -0.05) is 18.2 Å². The van der Waals surface area contributed by atoms with E-state index < -0.39 is 5.97 Å². The molecule has 0 aliphatic carbocycles. The second-order valence-corrected chi connectivity index (χ2v) is 5.66. The molecule has 0 spiro atoms. The van der Waals surface area contributed by atoms with Crippen molar-refractivity contribution in [2.24, 2.45) is 7.05 Å². The molecule has 2 aromatic heterocycles. The molecular formula is C18H14N3O3+. The van der Waals surface area contributed by atoms with Crippen LogP contribution >= 0.6 is 0 Å². The fraction of sp³-hybridized carbons (Fsp3) is 0.0556. The normalized spacial score (nSPS) is 11.2. The Balaban J connectivity index is 2.02. The summed E-state index contributed by atoms with van der Waals surface area (Å²) in [5.41, 5.74) is 1.91. The number of carboxylic acids is 1. The van der Waals surface area contributed by atoms with Crippen molar-refractivity contribution >= 4 is 27.8 Å². The second-order valence-electron chi connectivity index (χ2n) is 5.66. The van der Waals surface area contributed by atoms with Crippen LogP contribution in [0.4, 0.5) is 0 Å². The molecule has 0 radical (unpaired) electrons. The van der Waals surface area contributed by atoms with E-state index in [2.05, 4.69) is 5.10 Å². The minimum Gasteiger partial charge on any atom is -0.478 e. The van der Waals surface area contributed by atoms with Gasteiger partial charge in [0.1, 0.15) is 12.6 Å². The minimum absolute atomic E-state index is 0.179. The van der Waals surface area contributed by atoms with Crippen molar-refractivity contribution in [3.63, 3.8) is 0 Å². The van der Waals surface area contributed by atoms with Crippen molar-refractivity contribution in [2.75, 3.05) is 0 Å². The zero-order valence-electron chi connectivity index (χ0n) is 12.9. The van der Waals surface area contributed by atoms with Gasteiger partial charge in [0.15, 0.2) is 6.20 Å². The highest BCUT2D eigenvalue weighted by molar-refractivity contribution is 6.01. The summed E-state index contributed by atoms with van der Waals surface area (Å²) in [4.78, 5) is 23.8. The lowest BCUT2D eigenvalue weighted by atomic mass is 10.1. The van der Waals surface area contributed by atoms with Crippen LogP contribution in [0.25, 0.3) is 27.5 Å². The Hall–Kier alpha value is -3.41. The van der Waals surface area contributed by atoms with Crippen LogP contribution in [0.2, 0.25) is 0 Å². The Morgan fingerprint density at radius 1 is 1.12 bits per heavy atom. The van der Waals surface area contributed by atoms with E-state index in [0.717, 1.165) is 16.3 Å². The predicted octanol–water partition coefficient (Wildman–Crippen LogP) is 1.99. The molecular weight excluding hydrogens is 306 g/mol. The van der Waals surface area contributed by atoms with E-state index >= 15 is 0 Å². The van der Waals surface area contributed by atoms with Crippen LogP contribution in [-0.4, -0.2) is 20.9 Å². The summed E-state index contributed by atoms with van der Waals surface area (Å²) in [5.74, 6) is -0.997. The Morgan fingerprint density at radius 2 is 1.83 bits per heavy atom. The average Bonchev–Trinajstić information content (AvgIpc) is 2.93. The van der Waals surface area contributed by atoms with Crippen LogP contribution < -0.4 is 10.1 Å². The fourth-order valence-corrected chi connectivity index (χ4v) is 2.99. The van der Waals surface area contributed by atoms with Gasteiger partial charge in [0.25, 0.3) is 5.52 Å². The predicted molar refractivity (Wildman–Crippen MR) is 89.5 cm³/mol. The number of hydrogen-bond acceptors (Lipinski definition) is 2. The Kier molecular flexibility index (Phi) is 2.99. The molecule has 2 N–H and O–H groups in total. The van der Waals surface area contributed by atoms with Crippen molar-refractivity contribution in [2.45, 2.75) is 0 Å². The highest BCUT2D eigenvalue weighted by Crippen LogP contribution is 2.19. The number of benzene rings is 2. The number of aryl methyl sites for hydroxylation is 1. The summed E-state index contributed by atoms with van der Waals surface area (Å²) in [5, 5.41) is 14.1. The third kappa shape index (κ3) is 2.00. The maximum atomic E-state index is 12.8. The topological polar surface area (TPSA) is 79.0 Å². The monoisotopic (exact) mass is 320 g/mol. The van der Waals surface area contributed by atoms with Gasteiger partial charge < -0.3 is 5.11 Å². The van der Waals surface area contributed by atoms with E-state index in [-0.39, 0.29) is 11.1 Å². The summed E-state index contributed by atoms with van der Waals surface area (Å²) in [6.45, 7) is 0. The lowest BCUT2D eigenvalue weighted by Crippen LogP contribution is -2.33. The number of aromatic nitrogens is 3. The van der Waals surface area contributed by atoms with E-state index in [0.29, 0.717) is 11.2 Å². The Labute approximate surface area is 136 Å². The van der Waals surface area contributed by atoms with Gasteiger partial charge in [-0.25, -0.2) is 9.48 Å². The molecule has 0 bridgehead atoms. The van der Waals surface area contributed by atoms with Gasteiger partial charge in [-0.2, -0.15) is 4.57 Å². The highest BCUT2D eigenvalue weighted by Gasteiger charge is 2.20. The van der Waals surface area contributed by atoms with Gasteiger partial charge in [-0.3, -0.25) is 9.89 Å². The molecule has 0 saturated carbocycles. The van der Waals surface area contributed by atoms with Crippen LogP contribution in [0.15, 0.2) is 59.5 Å². The summed E-state index contributed by atoms with van der Waals surface area (Å²) >= 11 is 0. The van der Waals surface area contributed by atoms with E-state index in [9.17, 15) is 9.59 Å². The van der Waals surface area contributed by atoms with E-state index in [1.54, 1.807) is 16.7 Å². The van der Waals surface area contributed by atoms with Crippen LogP contribution in [0.1, 0.15) is 10.4 Å². The van der Waals surface area contributed by atoms with Gasteiger partial charge in [-0.05, 0) is 30.3 Å². The standard InChI is InChI=1S/C18H13N3O3/c1-20-10-12-4-2-3-5-14(12)15-16(20)17(22)21(19-15)13-8-6-11(7-9-13)18(23)24/h2-10H,1H3,(H-,19,22,23,24)/p+1. The van der Waals surface area contributed by atoms with Crippen molar-refractivity contribution in [1.82, 2.24) is 9.78 Å². The molecule has 0 aliphatic heterocycles. The number of H-pyrrole nitrogens is 1. The molecule has 4 aromatic rings. The molecule has 6 heteroatoms. The Bertz CT molecular complexity index is 1150. The first-order valence-electron chi connectivity index (χ1n) is 7.42. The van der Waals surface area contributed by atoms with Crippen LogP contribution in [0.3, 0.4) is 0 Å². The number of nitrogens with one attached hydrogen (secondary N) is 1. The maximum Gasteiger partial charge on any atom is 0.344 e. The van der Waals surface area contributed by atoms with Crippen LogP contribution in [-0.2, 0) is 7.05 Å². The first-order valence-corrected chi connectivity index (χ1v) is 7.42. The first kappa shape index (κ1) is 14.2. The van der Waals surface area contributed by atoms with E-state index in [1.807, 2.05) is 37.5 Å². The smallest absolute Gasteiger partial charge is 0.344 e. The summed E-state index contributed by atoms with van der Waals surface area (Å²) in [6.07, 6.45) is 1.92. The number of carbonyl (C=O) groups is 1. The molecule has 24 heavy (non-hydrogen) atoms. The number of fused-ring (bicyclic) bond motifs is 3. The molecule has 0 unspecified atom stereocenters. The SMILES string of the molecule is C[n+]1cc2ccccc2c2[nH]n(-c3ccc(C(=O)O)cc3)c(=O)c21. The van der Waals surface area contributed by atoms with Crippen LogP contribution in [0.5, 0.6) is 0 Å². The molecule has 0 amide bonds. The number of nitrogens with zero attached hydrogens (tertiary/aromatic N) is 2. The van der Waals surface area contributed by atoms with Crippen molar-refractivity contribution in [1.29, 1.82) is 0 Å². The third-order valence-corrected chi connectivity index (χ3v) is 4.15. The quantitative estimate of drug-likeness (QED) is 0.554. The summed E-state index contributed by atoms with van der Waals surface area (Å²) in [6, 6.07) is 14.0. The summed E-state index contributed by atoms with van der Waals surface area (Å²) < 4.78 is 3.24. The molecule has 118 valence electrons. The number of hydrogen-bond donors (Lipinski definition) is 2. The highest BCUT2D eigenvalue weighted by atomic mass is 16.4. The third-order valence-electron chi connectivity index (χ3n) is 4.15. The van der Waals surface area contributed by atoms with Gasteiger partial charge in [0.2, 0.25) is 0 Å². The molecule has 6 nitrogen and oxygen atoms in total. The van der Waals surface area contributed by atoms with Gasteiger partial charge in [-0.15, -0.1) is 0 Å². The molecule has 0 fully saturated rings. The number of rotatable bonds is 2. The molecule has 0 saturated heterocycles. The number of aromatic carboxylic acids is 1. The molecule has 4 rings (SSSR count). The lowest BCUT2D eigenvalue weighted by Gasteiger charge is -2.01. The number of carboxylic acid groups (broad SMARTS) is 1. The zero-order valence-corrected chi connectivity index (χ0v) is 12.9. The van der Waals surface area contributed by atoms with Crippen molar-refractivity contribution < 1.29 is 14.5 Å². The van der Waals surface area contributed by atoms with E-state index in [1.165, 1.54) is 16.8 Å². The van der Waals surface area contributed by atoms with E-state index in [4.69, 9.17) is 5.11 Å². The van der Waals surface area contributed by atoms with Crippen molar-refractivity contribution in [3.05, 3.63) is 70.6 Å². The summed E-state index contributed by atoms with van der Waals surface area (Å²) in [7, 11) is 1.84. The molecule has 0 atom stereocenters. The second kappa shape index (κ2) is 5.06. The minimum atomic E-state index is -0.997. The number of pyridine rings is 1. The lowest BCUT2D eigenvalue weighted by molar-refractivity contribution is -0.644. The molecule has 0 aliphatic rings. The van der Waals surface area contributed by atoms with Gasteiger partial charge >= 0.3 is 11.5 Å². The average molecular weight is 320 g/mol. The fourth-order valence-electron chi connectivity index (χ4n) is 2.99. The number of aromatic amines is 1. The molecule has 2 heterocycles. The van der Waals surface area contributed by atoms with Crippen LogP contribution in [0, 0.1) is 0 Å². The largest absolute Gasteiger partial charge is 0.478 e. The van der Waals surface area contributed by atoms with Gasteiger partial charge in [0.05, 0.1) is 11.3 Å². The van der Waals surface area contributed by atoms with Gasteiger partial charge in [0, 0.05) is 10.8 Å². The Morgan fingerprint density at radius 3 is 2.54 bits per heavy atom. The zero-order chi connectivity index (χ0) is 16.8. The molecule has 2 aromatic carbocycles. The van der Waals surface area contributed by atoms with Crippen molar-refractivity contribution in [3.8, 4) is 5.69 Å².